The average molecular weight is 341 g/mol. The highest BCUT2D eigenvalue weighted by atomic mass is 35.5. The predicted molar refractivity (Wildman–Crippen MR) is 94.9 cm³/mol. The Kier molecular flexibility index (Phi) is 7.59. The summed E-state index contributed by atoms with van der Waals surface area (Å²) in [6.45, 7) is 3.18. The molecule has 3 rings (SSSR count). The second kappa shape index (κ2) is 8.93. The monoisotopic (exact) mass is 340 g/mol. The van der Waals surface area contributed by atoms with Gasteiger partial charge in [-0.1, -0.05) is 30.3 Å². The molecule has 120 valence electrons. The third-order valence-electron chi connectivity index (χ3n) is 3.84. The van der Waals surface area contributed by atoms with Crippen LogP contribution < -0.4 is 5.73 Å². The molecule has 0 aliphatic carbocycles. The molecule has 2 aromatic rings. The van der Waals surface area contributed by atoms with Crippen LogP contribution in [-0.4, -0.2) is 34.5 Å². The summed E-state index contributed by atoms with van der Waals surface area (Å²) in [5, 5.41) is 0. The number of halogens is 2. The van der Waals surface area contributed by atoms with Crippen molar-refractivity contribution in [3.63, 3.8) is 0 Å². The van der Waals surface area contributed by atoms with Crippen molar-refractivity contribution in [2.45, 2.75) is 19.3 Å². The summed E-state index contributed by atoms with van der Waals surface area (Å²) in [5.74, 6) is 0.529. The number of nitrogens with two attached hydrogens (primary N) is 1. The first kappa shape index (κ1) is 18.7. The number of anilines is 1. The summed E-state index contributed by atoms with van der Waals surface area (Å²) < 4.78 is 0. The van der Waals surface area contributed by atoms with Crippen LogP contribution >= 0.6 is 24.8 Å². The minimum Gasteiger partial charge on any atom is -0.382 e. The number of aromatic nitrogens is 2. The molecule has 0 radical (unpaired) electrons. The van der Waals surface area contributed by atoms with Crippen molar-refractivity contribution in [3.8, 4) is 0 Å². The Morgan fingerprint density at radius 3 is 2.41 bits per heavy atom. The molecule has 1 aliphatic heterocycles. The lowest BCUT2D eigenvalue weighted by Gasteiger charge is -2.19. The molecular weight excluding hydrogens is 319 g/mol. The number of hydrogen-bond acceptors (Lipinski definition) is 4. The fourth-order valence-electron chi connectivity index (χ4n) is 2.67. The van der Waals surface area contributed by atoms with Crippen molar-refractivity contribution in [2.75, 3.05) is 25.4 Å². The highest BCUT2D eigenvalue weighted by molar-refractivity contribution is 5.85. The van der Waals surface area contributed by atoms with Gasteiger partial charge in [-0.2, -0.15) is 0 Å². The van der Waals surface area contributed by atoms with Gasteiger partial charge >= 0.3 is 0 Å². The normalized spacial score (nSPS) is 14.2. The average Bonchev–Trinajstić information content (AvgIpc) is 2.68. The van der Waals surface area contributed by atoms with Crippen LogP contribution in [0, 0.1) is 0 Å². The fraction of sp³-hybridized carbons (Fsp3) is 0.375. The van der Waals surface area contributed by atoms with Crippen molar-refractivity contribution in [3.05, 3.63) is 53.5 Å². The van der Waals surface area contributed by atoms with Gasteiger partial charge in [-0.25, -0.2) is 4.98 Å². The number of nitrogen functional groups attached to an aromatic ring is 1. The molecule has 0 spiro atoms. The van der Waals surface area contributed by atoms with Crippen LogP contribution in [0.1, 0.15) is 17.0 Å². The minimum absolute atomic E-state index is 0. The SMILES string of the molecule is Cl.Cl.Nc1cnc2c(n1)CCN(CCc1ccccc1)CC2. The molecule has 4 nitrogen and oxygen atoms in total. The molecule has 1 aliphatic rings. The standard InChI is InChI=1S/C16H20N4.2ClH/c17-16-12-18-14-7-10-20(11-8-15(14)19-16)9-6-13-4-2-1-3-5-13;;/h1-5,12H,6-11H2,(H2,17,19);2*1H. The molecular formula is C16H22Cl2N4. The topological polar surface area (TPSA) is 55.0 Å². The number of fused-ring (bicyclic) bond motifs is 1. The maximum Gasteiger partial charge on any atom is 0.142 e. The first-order chi connectivity index (χ1) is 9.81. The maximum atomic E-state index is 5.71. The lowest BCUT2D eigenvalue weighted by atomic mass is 10.1. The second-order valence-electron chi connectivity index (χ2n) is 5.27. The van der Waals surface area contributed by atoms with Gasteiger partial charge in [-0.05, 0) is 12.0 Å². The van der Waals surface area contributed by atoms with E-state index in [1.807, 2.05) is 0 Å². The van der Waals surface area contributed by atoms with Crippen LogP contribution in [-0.2, 0) is 19.3 Å². The summed E-state index contributed by atoms with van der Waals surface area (Å²) in [5.41, 5.74) is 9.30. The van der Waals surface area contributed by atoms with E-state index in [0.29, 0.717) is 5.82 Å². The molecule has 2 heterocycles. The molecule has 1 aromatic carbocycles. The number of hydrogen-bond donors (Lipinski definition) is 1. The Bertz CT molecular complexity index is 578. The van der Waals surface area contributed by atoms with Gasteiger partial charge in [-0.3, -0.25) is 4.98 Å². The van der Waals surface area contributed by atoms with Gasteiger partial charge < -0.3 is 10.6 Å². The van der Waals surface area contributed by atoms with E-state index in [0.717, 1.165) is 50.3 Å². The molecule has 0 saturated carbocycles. The highest BCUT2D eigenvalue weighted by Gasteiger charge is 2.15. The zero-order valence-corrected chi connectivity index (χ0v) is 14.1. The third-order valence-corrected chi connectivity index (χ3v) is 3.84. The summed E-state index contributed by atoms with van der Waals surface area (Å²) in [7, 11) is 0. The van der Waals surface area contributed by atoms with Crippen molar-refractivity contribution >= 4 is 30.6 Å². The van der Waals surface area contributed by atoms with Crippen LogP contribution in [0.5, 0.6) is 0 Å². The van der Waals surface area contributed by atoms with E-state index in [2.05, 4.69) is 45.2 Å². The molecule has 0 amide bonds. The van der Waals surface area contributed by atoms with Crippen LogP contribution in [0.4, 0.5) is 5.82 Å². The first-order valence-corrected chi connectivity index (χ1v) is 7.18. The van der Waals surface area contributed by atoms with Crippen molar-refractivity contribution < 1.29 is 0 Å². The van der Waals surface area contributed by atoms with E-state index in [4.69, 9.17) is 5.73 Å². The Balaban J connectivity index is 0.00000121. The quantitative estimate of drug-likeness (QED) is 0.932. The van der Waals surface area contributed by atoms with Crippen LogP contribution in [0.25, 0.3) is 0 Å². The summed E-state index contributed by atoms with van der Waals surface area (Å²) in [6.07, 6.45) is 4.68. The predicted octanol–water partition coefficient (Wildman–Crippen LogP) is 2.55. The van der Waals surface area contributed by atoms with Gasteiger partial charge in [0.2, 0.25) is 0 Å². The van der Waals surface area contributed by atoms with E-state index in [1.165, 1.54) is 5.56 Å². The third kappa shape index (κ3) is 4.83. The molecule has 0 atom stereocenters. The summed E-state index contributed by atoms with van der Waals surface area (Å²) in [6, 6.07) is 10.6. The minimum atomic E-state index is 0. The number of benzene rings is 1. The Hall–Kier alpha value is -1.36. The van der Waals surface area contributed by atoms with Gasteiger partial charge in [-0.15, -0.1) is 24.8 Å². The zero-order chi connectivity index (χ0) is 13.8. The number of rotatable bonds is 3. The molecule has 0 bridgehead atoms. The lowest BCUT2D eigenvalue weighted by Crippen LogP contribution is -2.28. The second-order valence-corrected chi connectivity index (χ2v) is 5.27. The fourth-order valence-corrected chi connectivity index (χ4v) is 2.67. The molecule has 6 heteroatoms. The molecule has 0 saturated heterocycles. The van der Waals surface area contributed by atoms with E-state index >= 15 is 0 Å². The Morgan fingerprint density at radius 2 is 1.68 bits per heavy atom. The summed E-state index contributed by atoms with van der Waals surface area (Å²) >= 11 is 0. The van der Waals surface area contributed by atoms with E-state index in [-0.39, 0.29) is 24.8 Å². The van der Waals surface area contributed by atoms with Gasteiger partial charge in [0.25, 0.3) is 0 Å². The molecule has 0 unspecified atom stereocenters. The molecule has 0 fully saturated rings. The van der Waals surface area contributed by atoms with Gasteiger partial charge in [0.15, 0.2) is 0 Å². The first-order valence-electron chi connectivity index (χ1n) is 7.18. The summed E-state index contributed by atoms with van der Waals surface area (Å²) in [4.78, 5) is 11.3. The van der Waals surface area contributed by atoms with Gasteiger partial charge in [0.05, 0.1) is 17.6 Å². The smallest absolute Gasteiger partial charge is 0.142 e. The molecule has 22 heavy (non-hydrogen) atoms. The highest BCUT2D eigenvalue weighted by Crippen LogP contribution is 2.13. The zero-order valence-electron chi connectivity index (χ0n) is 12.4. The van der Waals surface area contributed by atoms with Crippen LogP contribution in [0.2, 0.25) is 0 Å². The van der Waals surface area contributed by atoms with Gasteiger partial charge in [0.1, 0.15) is 5.82 Å². The van der Waals surface area contributed by atoms with E-state index in [9.17, 15) is 0 Å². The van der Waals surface area contributed by atoms with E-state index < -0.39 is 0 Å². The Labute approximate surface area is 144 Å². The van der Waals surface area contributed by atoms with Crippen LogP contribution in [0.15, 0.2) is 36.5 Å². The molecule has 1 aromatic heterocycles. The number of nitrogens with zero attached hydrogens (tertiary/aromatic N) is 3. The Morgan fingerprint density at radius 1 is 1.00 bits per heavy atom. The van der Waals surface area contributed by atoms with Crippen molar-refractivity contribution in [1.82, 2.24) is 14.9 Å². The van der Waals surface area contributed by atoms with Gasteiger partial charge in [0, 0.05) is 32.5 Å². The van der Waals surface area contributed by atoms with E-state index in [1.54, 1.807) is 6.20 Å². The maximum absolute atomic E-state index is 5.71. The lowest BCUT2D eigenvalue weighted by molar-refractivity contribution is 0.290. The largest absolute Gasteiger partial charge is 0.382 e. The van der Waals surface area contributed by atoms with Crippen molar-refractivity contribution in [2.24, 2.45) is 0 Å². The van der Waals surface area contributed by atoms with Crippen LogP contribution in [0.3, 0.4) is 0 Å². The van der Waals surface area contributed by atoms with Crippen molar-refractivity contribution in [1.29, 1.82) is 0 Å². The molecule has 2 N–H and O–H groups in total.